The SMILES string of the molecule is CCn1nc(C(N)=O)c2cc(-c3cnc(CO)nc3)nc(C)c21. The zero-order valence-corrected chi connectivity index (χ0v) is 12.8. The normalized spacial score (nSPS) is 11.1. The molecule has 0 aliphatic heterocycles. The lowest BCUT2D eigenvalue weighted by atomic mass is 10.1. The Bertz CT molecular complexity index is 885. The van der Waals surface area contributed by atoms with Crippen molar-refractivity contribution in [3.05, 3.63) is 35.7 Å². The first-order valence-corrected chi connectivity index (χ1v) is 7.15. The van der Waals surface area contributed by atoms with Gasteiger partial charge in [-0.2, -0.15) is 5.10 Å². The zero-order chi connectivity index (χ0) is 16.6. The van der Waals surface area contributed by atoms with Crippen LogP contribution >= 0.6 is 0 Å². The number of primary amides is 1. The molecule has 3 aromatic heterocycles. The summed E-state index contributed by atoms with van der Waals surface area (Å²) in [5.41, 5.74) is 8.50. The van der Waals surface area contributed by atoms with E-state index in [4.69, 9.17) is 10.8 Å². The molecule has 0 unspecified atom stereocenters. The van der Waals surface area contributed by atoms with E-state index in [1.165, 1.54) is 0 Å². The van der Waals surface area contributed by atoms with Crippen molar-refractivity contribution in [2.75, 3.05) is 0 Å². The number of carbonyl (C=O) groups excluding carboxylic acids is 1. The Labute approximate surface area is 132 Å². The van der Waals surface area contributed by atoms with Gasteiger partial charge >= 0.3 is 0 Å². The third-order valence-corrected chi connectivity index (χ3v) is 3.58. The number of aliphatic hydroxyl groups excluding tert-OH is 1. The molecule has 0 aliphatic carbocycles. The van der Waals surface area contributed by atoms with Crippen molar-refractivity contribution < 1.29 is 9.90 Å². The summed E-state index contributed by atoms with van der Waals surface area (Å²) in [7, 11) is 0. The number of hydrogen-bond acceptors (Lipinski definition) is 6. The monoisotopic (exact) mass is 312 g/mol. The van der Waals surface area contributed by atoms with Crippen LogP contribution in [0.25, 0.3) is 22.2 Å². The lowest BCUT2D eigenvalue weighted by Crippen LogP contribution is -2.12. The number of hydrogen-bond donors (Lipinski definition) is 2. The zero-order valence-electron chi connectivity index (χ0n) is 12.8. The first-order chi connectivity index (χ1) is 11.0. The minimum absolute atomic E-state index is 0.221. The van der Waals surface area contributed by atoms with Gasteiger partial charge in [0.25, 0.3) is 5.91 Å². The van der Waals surface area contributed by atoms with Crippen molar-refractivity contribution >= 4 is 16.8 Å². The number of rotatable bonds is 4. The van der Waals surface area contributed by atoms with Gasteiger partial charge in [0.2, 0.25) is 0 Å². The molecule has 3 rings (SSSR count). The van der Waals surface area contributed by atoms with Gasteiger partial charge in [-0.25, -0.2) is 9.97 Å². The predicted octanol–water partition coefficient (Wildman–Crippen LogP) is 0.808. The summed E-state index contributed by atoms with van der Waals surface area (Å²) in [6.45, 7) is 4.18. The fraction of sp³-hybridized carbons (Fsp3) is 0.267. The van der Waals surface area contributed by atoms with Gasteiger partial charge in [-0.1, -0.05) is 0 Å². The maximum atomic E-state index is 11.7. The number of nitrogens with zero attached hydrogens (tertiary/aromatic N) is 5. The number of aromatic nitrogens is 5. The molecular weight excluding hydrogens is 296 g/mol. The van der Waals surface area contributed by atoms with E-state index >= 15 is 0 Å². The maximum absolute atomic E-state index is 11.7. The summed E-state index contributed by atoms with van der Waals surface area (Å²) >= 11 is 0. The molecule has 0 aromatic carbocycles. The first kappa shape index (κ1) is 15.0. The number of carbonyl (C=O) groups is 1. The fourth-order valence-electron chi connectivity index (χ4n) is 2.52. The van der Waals surface area contributed by atoms with Crippen molar-refractivity contribution in [2.45, 2.75) is 27.0 Å². The highest BCUT2D eigenvalue weighted by Crippen LogP contribution is 2.26. The smallest absolute Gasteiger partial charge is 0.269 e. The van der Waals surface area contributed by atoms with Crippen molar-refractivity contribution in [1.82, 2.24) is 24.7 Å². The van der Waals surface area contributed by atoms with Gasteiger partial charge < -0.3 is 10.8 Å². The second kappa shape index (κ2) is 5.73. The molecule has 0 atom stereocenters. The van der Waals surface area contributed by atoms with Gasteiger partial charge in [-0.3, -0.25) is 14.5 Å². The van der Waals surface area contributed by atoms with Gasteiger partial charge in [0.05, 0.1) is 16.9 Å². The summed E-state index contributed by atoms with van der Waals surface area (Å²) < 4.78 is 1.72. The molecule has 3 heterocycles. The van der Waals surface area contributed by atoms with Crippen LogP contribution in [0.3, 0.4) is 0 Å². The molecule has 23 heavy (non-hydrogen) atoms. The number of fused-ring (bicyclic) bond motifs is 1. The van der Waals surface area contributed by atoms with Crippen LogP contribution < -0.4 is 5.73 Å². The molecule has 118 valence electrons. The molecule has 0 spiro atoms. The average molecular weight is 312 g/mol. The van der Waals surface area contributed by atoms with Crippen molar-refractivity contribution in [1.29, 1.82) is 0 Å². The Morgan fingerprint density at radius 1 is 1.35 bits per heavy atom. The van der Waals surface area contributed by atoms with Crippen LogP contribution in [-0.2, 0) is 13.2 Å². The van der Waals surface area contributed by atoms with Crippen LogP contribution in [0.1, 0.15) is 28.9 Å². The van der Waals surface area contributed by atoms with E-state index in [1.807, 2.05) is 13.8 Å². The number of aliphatic hydroxyl groups is 1. The standard InChI is InChI=1S/C15H16N6O2/c1-3-21-14-8(2)19-11(4-10(14)13(20-21)15(16)23)9-5-17-12(7-22)18-6-9/h4-6,22H,3,7H2,1-2H3,(H2,16,23). The van der Waals surface area contributed by atoms with Gasteiger partial charge in [0.15, 0.2) is 11.5 Å². The molecule has 8 nitrogen and oxygen atoms in total. The second-order valence-electron chi connectivity index (χ2n) is 5.06. The summed E-state index contributed by atoms with van der Waals surface area (Å²) in [5.74, 6) is -0.242. The van der Waals surface area contributed by atoms with Crippen LogP contribution in [0.2, 0.25) is 0 Å². The number of amides is 1. The van der Waals surface area contributed by atoms with Crippen LogP contribution in [0.4, 0.5) is 0 Å². The van der Waals surface area contributed by atoms with Crippen LogP contribution in [0, 0.1) is 6.92 Å². The van der Waals surface area contributed by atoms with Gasteiger partial charge in [0.1, 0.15) is 6.61 Å². The van der Waals surface area contributed by atoms with Crippen LogP contribution in [0.5, 0.6) is 0 Å². The van der Waals surface area contributed by atoms with Gasteiger partial charge in [0, 0.05) is 29.9 Å². The summed E-state index contributed by atoms with van der Waals surface area (Å²) in [5, 5.41) is 13.9. The highest BCUT2D eigenvalue weighted by Gasteiger charge is 2.18. The summed E-state index contributed by atoms with van der Waals surface area (Å²) in [6, 6.07) is 1.76. The summed E-state index contributed by atoms with van der Waals surface area (Å²) in [6.07, 6.45) is 3.17. The van der Waals surface area contributed by atoms with Gasteiger partial charge in [-0.15, -0.1) is 0 Å². The Morgan fingerprint density at radius 3 is 2.61 bits per heavy atom. The third kappa shape index (κ3) is 2.53. The Hall–Kier alpha value is -2.87. The second-order valence-corrected chi connectivity index (χ2v) is 5.06. The summed E-state index contributed by atoms with van der Waals surface area (Å²) in [4.78, 5) is 24.3. The first-order valence-electron chi connectivity index (χ1n) is 7.15. The van der Waals surface area contributed by atoms with Crippen molar-refractivity contribution in [2.24, 2.45) is 5.73 Å². The Balaban J connectivity index is 2.23. The molecule has 0 aliphatic rings. The van der Waals surface area contributed by atoms with E-state index in [1.54, 1.807) is 23.1 Å². The number of pyridine rings is 1. The topological polar surface area (TPSA) is 120 Å². The van der Waals surface area contributed by atoms with Crippen LogP contribution in [0.15, 0.2) is 18.5 Å². The molecule has 0 saturated carbocycles. The lowest BCUT2D eigenvalue weighted by molar-refractivity contribution is 0.0996. The quantitative estimate of drug-likeness (QED) is 0.735. The number of aryl methyl sites for hydroxylation is 2. The molecule has 3 N–H and O–H groups in total. The Kier molecular flexibility index (Phi) is 3.75. The van der Waals surface area contributed by atoms with Crippen LogP contribution in [-0.4, -0.2) is 35.7 Å². The predicted molar refractivity (Wildman–Crippen MR) is 83.4 cm³/mol. The van der Waals surface area contributed by atoms with E-state index in [9.17, 15) is 4.79 Å². The molecule has 8 heteroatoms. The highest BCUT2D eigenvalue weighted by atomic mass is 16.3. The van der Waals surface area contributed by atoms with Crippen molar-refractivity contribution in [3.8, 4) is 11.3 Å². The van der Waals surface area contributed by atoms with Crippen molar-refractivity contribution in [3.63, 3.8) is 0 Å². The molecule has 0 fully saturated rings. The molecule has 0 radical (unpaired) electrons. The highest BCUT2D eigenvalue weighted by molar-refractivity contribution is 6.05. The lowest BCUT2D eigenvalue weighted by Gasteiger charge is -2.06. The maximum Gasteiger partial charge on any atom is 0.269 e. The van der Waals surface area contributed by atoms with E-state index in [-0.39, 0.29) is 12.3 Å². The van der Waals surface area contributed by atoms with Gasteiger partial charge in [-0.05, 0) is 19.9 Å². The van der Waals surface area contributed by atoms with E-state index in [0.717, 1.165) is 11.2 Å². The minimum Gasteiger partial charge on any atom is -0.388 e. The van der Waals surface area contributed by atoms with E-state index < -0.39 is 5.91 Å². The minimum atomic E-state index is -0.578. The molecule has 3 aromatic rings. The third-order valence-electron chi connectivity index (χ3n) is 3.58. The fourth-order valence-corrected chi connectivity index (χ4v) is 2.52. The van der Waals surface area contributed by atoms with E-state index in [0.29, 0.717) is 29.0 Å². The number of nitrogens with two attached hydrogens (primary N) is 1. The largest absolute Gasteiger partial charge is 0.388 e. The molecular formula is C15H16N6O2. The molecule has 0 bridgehead atoms. The Morgan fingerprint density at radius 2 is 2.04 bits per heavy atom. The van der Waals surface area contributed by atoms with E-state index in [2.05, 4.69) is 20.1 Å². The molecule has 1 amide bonds. The molecule has 0 saturated heterocycles. The average Bonchev–Trinajstić information content (AvgIpc) is 2.94.